The summed E-state index contributed by atoms with van der Waals surface area (Å²) in [7, 11) is 0. The van der Waals surface area contributed by atoms with Crippen LogP contribution in [0.25, 0.3) is 0 Å². The lowest BCUT2D eigenvalue weighted by atomic mass is 9.81. The summed E-state index contributed by atoms with van der Waals surface area (Å²) in [5.74, 6) is -1.28. The molecule has 23 heavy (non-hydrogen) atoms. The molecule has 0 aromatic heterocycles. The van der Waals surface area contributed by atoms with Gasteiger partial charge < -0.3 is 10.0 Å². The Morgan fingerprint density at radius 1 is 1.22 bits per heavy atom. The van der Waals surface area contributed by atoms with Gasteiger partial charge in [0.05, 0.1) is 5.92 Å². The van der Waals surface area contributed by atoms with E-state index in [-0.39, 0.29) is 37.8 Å². The summed E-state index contributed by atoms with van der Waals surface area (Å²) in [5, 5.41) is 9.76. The molecule has 0 aliphatic carbocycles. The maximum absolute atomic E-state index is 12.9. The topological polar surface area (TPSA) is 40.5 Å². The second-order valence-electron chi connectivity index (χ2n) is 6.38. The first-order valence-electron chi connectivity index (χ1n) is 7.77. The molecule has 0 unspecified atom stereocenters. The number of rotatable bonds is 3. The molecule has 3 nitrogen and oxygen atoms in total. The molecule has 1 aliphatic rings. The Kier molecular flexibility index (Phi) is 5.04. The fourth-order valence-corrected chi connectivity index (χ4v) is 3.05. The molecule has 1 aromatic carbocycles. The van der Waals surface area contributed by atoms with Crippen molar-refractivity contribution in [3.63, 3.8) is 0 Å². The zero-order chi connectivity index (χ0) is 17.3. The summed E-state index contributed by atoms with van der Waals surface area (Å²) in [6.07, 6.45) is -4.35. The summed E-state index contributed by atoms with van der Waals surface area (Å²) >= 11 is 0. The third-order valence-electron chi connectivity index (χ3n) is 4.85. The molecule has 2 atom stereocenters. The zero-order valence-corrected chi connectivity index (χ0v) is 13.3. The number of alkyl halides is 3. The first kappa shape index (κ1) is 17.8. The highest BCUT2D eigenvalue weighted by atomic mass is 19.4. The minimum Gasteiger partial charge on any atom is -0.380 e. The van der Waals surface area contributed by atoms with E-state index in [1.807, 2.05) is 30.3 Å². The molecule has 128 valence electrons. The smallest absolute Gasteiger partial charge is 0.380 e. The van der Waals surface area contributed by atoms with Gasteiger partial charge in [-0.2, -0.15) is 13.2 Å². The number of hydrogen-bond donors (Lipinski definition) is 1. The van der Waals surface area contributed by atoms with Crippen molar-refractivity contribution in [3.05, 3.63) is 35.9 Å². The van der Waals surface area contributed by atoms with Crippen LogP contribution in [0.3, 0.4) is 0 Å². The van der Waals surface area contributed by atoms with Crippen molar-refractivity contribution in [2.75, 3.05) is 13.1 Å². The molecule has 2 rings (SSSR count). The van der Waals surface area contributed by atoms with Gasteiger partial charge in [0, 0.05) is 13.1 Å². The van der Waals surface area contributed by atoms with Crippen molar-refractivity contribution in [1.29, 1.82) is 0 Å². The van der Waals surface area contributed by atoms with Gasteiger partial charge in [0.1, 0.15) is 0 Å². The molecule has 1 heterocycles. The second-order valence-corrected chi connectivity index (χ2v) is 6.38. The Hall–Kier alpha value is -1.56. The molecule has 1 fully saturated rings. The first-order chi connectivity index (χ1) is 10.6. The first-order valence-corrected chi connectivity index (χ1v) is 7.77. The van der Waals surface area contributed by atoms with Crippen LogP contribution in [0.15, 0.2) is 30.3 Å². The van der Waals surface area contributed by atoms with Crippen molar-refractivity contribution in [1.82, 2.24) is 4.90 Å². The Labute approximate surface area is 134 Å². The number of benzene rings is 1. The number of nitrogens with zero attached hydrogens (tertiary/aromatic N) is 1. The molecule has 1 aromatic rings. The van der Waals surface area contributed by atoms with Gasteiger partial charge in [-0.1, -0.05) is 30.3 Å². The lowest BCUT2D eigenvalue weighted by Crippen LogP contribution is -2.53. The van der Waals surface area contributed by atoms with Crippen LogP contribution in [-0.4, -0.2) is 40.8 Å². The normalized spacial score (nSPS) is 20.9. The number of aliphatic hydroxyl groups is 1. The minimum absolute atomic E-state index is 0.0821. The lowest BCUT2D eigenvalue weighted by molar-refractivity contribution is -0.275. The van der Waals surface area contributed by atoms with E-state index in [4.69, 9.17) is 0 Å². The quantitative estimate of drug-likeness (QED) is 0.924. The average Bonchev–Trinajstić information content (AvgIpc) is 2.53. The van der Waals surface area contributed by atoms with Gasteiger partial charge in [0.25, 0.3) is 0 Å². The van der Waals surface area contributed by atoms with Crippen LogP contribution in [0.2, 0.25) is 0 Å². The third-order valence-corrected chi connectivity index (χ3v) is 4.85. The molecule has 1 amide bonds. The van der Waals surface area contributed by atoms with Crippen LogP contribution < -0.4 is 0 Å². The highest BCUT2D eigenvalue weighted by Gasteiger charge is 2.55. The van der Waals surface area contributed by atoms with E-state index in [1.54, 1.807) is 11.8 Å². The number of likely N-dealkylation sites (tertiary alicyclic amines) is 1. The van der Waals surface area contributed by atoms with E-state index in [9.17, 15) is 23.1 Å². The van der Waals surface area contributed by atoms with Crippen LogP contribution in [0.1, 0.15) is 38.2 Å². The van der Waals surface area contributed by atoms with Gasteiger partial charge in [-0.15, -0.1) is 0 Å². The van der Waals surface area contributed by atoms with E-state index >= 15 is 0 Å². The van der Waals surface area contributed by atoms with Crippen LogP contribution in [-0.2, 0) is 4.79 Å². The van der Waals surface area contributed by atoms with E-state index in [2.05, 4.69) is 0 Å². The monoisotopic (exact) mass is 329 g/mol. The van der Waals surface area contributed by atoms with E-state index < -0.39 is 17.7 Å². The van der Waals surface area contributed by atoms with Crippen LogP contribution in [0, 0.1) is 5.92 Å². The Morgan fingerprint density at radius 2 is 1.74 bits per heavy atom. The molecule has 0 spiro atoms. The van der Waals surface area contributed by atoms with Gasteiger partial charge in [-0.25, -0.2) is 0 Å². The van der Waals surface area contributed by atoms with Crippen LogP contribution in [0.4, 0.5) is 13.2 Å². The summed E-state index contributed by atoms with van der Waals surface area (Å²) in [6, 6.07) is 9.30. The standard InChI is InChI=1S/C17H22F3NO2/c1-12(13-6-4-3-5-7-13)15(22)21-10-8-14(9-11-21)16(2,23)17(18,19)20/h3-7,12,14,23H,8-11H2,1-2H3/t12-,16+/m1/s1. The number of hydrogen-bond acceptors (Lipinski definition) is 2. The van der Waals surface area contributed by atoms with E-state index in [0.29, 0.717) is 0 Å². The number of halogens is 3. The van der Waals surface area contributed by atoms with Gasteiger partial charge in [-0.05, 0) is 38.2 Å². The summed E-state index contributed by atoms with van der Waals surface area (Å²) in [4.78, 5) is 14.1. The van der Waals surface area contributed by atoms with Crippen molar-refractivity contribution < 1.29 is 23.1 Å². The van der Waals surface area contributed by atoms with Gasteiger partial charge in [0.15, 0.2) is 5.60 Å². The summed E-state index contributed by atoms with van der Waals surface area (Å²) in [6.45, 7) is 3.11. The molecular formula is C17H22F3NO2. The predicted octanol–water partition coefficient (Wildman–Crippen LogP) is 3.34. The van der Waals surface area contributed by atoms with Crippen molar-refractivity contribution in [2.24, 2.45) is 5.92 Å². The second kappa shape index (κ2) is 6.51. The molecule has 1 N–H and O–H groups in total. The van der Waals surface area contributed by atoms with Crippen molar-refractivity contribution in [3.8, 4) is 0 Å². The fraction of sp³-hybridized carbons (Fsp3) is 0.588. The highest BCUT2D eigenvalue weighted by Crippen LogP contribution is 2.40. The fourth-order valence-electron chi connectivity index (χ4n) is 3.05. The third kappa shape index (κ3) is 3.68. The average molecular weight is 329 g/mol. The number of carbonyl (C=O) groups is 1. The lowest BCUT2D eigenvalue weighted by Gasteiger charge is -2.40. The Morgan fingerprint density at radius 3 is 2.22 bits per heavy atom. The Bertz CT molecular complexity index is 535. The van der Waals surface area contributed by atoms with Gasteiger partial charge in [0.2, 0.25) is 5.91 Å². The maximum Gasteiger partial charge on any atom is 0.417 e. The van der Waals surface area contributed by atoms with Crippen molar-refractivity contribution in [2.45, 2.75) is 44.4 Å². The molecule has 6 heteroatoms. The SMILES string of the molecule is C[C@@H](C(=O)N1CCC([C@](C)(O)C(F)(F)F)CC1)c1ccccc1. The van der Waals surface area contributed by atoms with Crippen LogP contribution in [0.5, 0.6) is 0 Å². The number of amides is 1. The largest absolute Gasteiger partial charge is 0.417 e. The van der Waals surface area contributed by atoms with Crippen molar-refractivity contribution >= 4 is 5.91 Å². The Balaban J connectivity index is 1.98. The predicted molar refractivity (Wildman–Crippen MR) is 80.8 cm³/mol. The van der Waals surface area contributed by atoms with Gasteiger partial charge in [-0.3, -0.25) is 4.79 Å². The number of piperidine rings is 1. The van der Waals surface area contributed by atoms with E-state index in [1.165, 1.54) is 0 Å². The molecule has 0 saturated carbocycles. The van der Waals surface area contributed by atoms with Gasteiger partial charge >= 0.3 is 6.18 Å². The highest BCUT2D eigenvalue weighted by molar-refractivity contribution is 5.83. The molecule has 0 bridgehead atoms. The number of carbonyl (C=O) groups excluding carboxylic acids is 1. The maximum atomic E-state index is 12.9. The zero-order valence-electron chi connectivity index (χ0n) is 13.3. The minimum atomic E-state index is -4.65. The molecule has 1 saturated heterocycles. The van der Waals surface area contributed by atoms with Crippen LogP contribution >= 0.6 is 0 Å². The summed E-state index contributed by atoms with van der Waals surface area (Å²) < 4.78 is 38.7. The molecular weight excluding hydrogens is 307 g/mol. The summed E-state index contributed by atoms with van der Waals surface area (Å²) in [5.41, 5.74) is -1.81. The molecule has 1 aliphatic heterocycles. The molecule has 0 radical (unpaired) electrons. The van der Waals surface area contributed by atoms with E-state index in [0.717, 1.165) is 12.5 Å².